The van der Waals surface area contributed by atoms with E-state index in [-0.39, 0.29) is 24.2 Å². The third kappa shape index (κ3) is 5.37. The number of ether oxygens (including phenoxy) is 2. The zero-order valence-electron chi connectivity index (χ0n) is 17.3. The summed E-state index contributed by atoms with van der Waals surface area (Å²) in [5.41, 5.74) is 1.58. The third-order valence-corrected chi connectivity index (χ3v) is 4.97. The quantitative estimate of drug-likeness (QED) is 0.706. The summed E-state index contributed by atoms with van der Waals surface area (Å²) >= 11 is 0. The Morgan fingerprint density at radius 2 is 1.73 bits per heavy atom. The van der Waals surface area contributed by atoms with Crippen LogP contribution in [0.25, 0.3) is 0 Å². The summed E-state index contributed by atoms with van der Waals surface area (Å²) < 4.78 is 10.8. The number of rotatable bonds is 7. The Bertz CT molecular complexity index is 935. The minimum Gasteiger partial charge on any atom is -0.493 e. The first-order chi connectivity index (χ1) is 14.5. The van der Waals surface area contributed by atoms with Gasteiger partial charge in [0.15, 0.2) is 23.9 Å². The molecule has 0 bridgehead atoms. The Hall–Kier alpha value is -3.35. The van der Waals surface area contributed by atoms with Crippen molar-refractivity contribution in [1.82, 2.24) is 4.90 Å². The van der Waals surface area contributed by atoms with Gasteiger partial charge >= 0.3 is 0 Å². The van der Waals surface area contributed by atoms with Crippen LogP contribution in [0.3, 0.4) is 0 Å². The van der Waals surface area contributed by atoms with Gasteiger partial charge in [-0.25, -0.2) is 0 Å². The number of nitrogens with one attached hydrogen (secondary N) is 1. The maximum absolute atomic E-state index is 12.6. The summed E-state index contributed by atoms with van der Waals surface area (Å²) in [5.74, 6) is 0.278. The molecular formula is C23H26N2O5. The van der Waals surface area contributed by atoms with E-state index in [0.717, 1.165) is 32.4 Å². The fourth-order valence-electron chi connectivity index (χ4n) is 3.36. The Labute approximate surface area is 176 Å². The lowest BCUT2D eigenvalue weighted by Crippen LogP contribution is -2.35. The van der Waals surface area contributed by atoms with Gasteiger partial charge in [-0.2, -0.15) is 0 Å². The van der Waals surface area contributed by atoms with Gasteiger partial charge in [0.1, 0.15) is 0 Å². The SMILES string of the molecule is COc1cc(C(C)=O)ccc1OCC(=O)Nc1cccc(C(=O)N2CCCCC2)c1. The van der Waals surface area contributed by atoms with E-state index in [4.69, 9.17) is 9.47 Å². The van der Waals surface area contributed by atoms with Gasteiger partial charge in [0.2, 0.25) is 0 Å². The van der Waals surface area contributed by atoms with Gasteiger partial charge < -0.3 is 19.7 Å². The number of carbonyl (C=O) groups excluding carboxylic acids is 3. The van der Waals surface area contributed by atoms with Crippen molar-refractivity contribution >= 4 is 23.3 Å². The molecule has 1 fully saturated rings. The van der Waals surface area contributed by atoms with Gasteiger partial charge in [-0.05, 0) is 62.6 Å². The lowest BCUT2D eigenvalue weighted by molar-refractivity contribution is -0.118. The monoisotopic (exact) mass is 410 g/mol. The molecule has 7 nitrogen and oxygen atoms in total. The van der Waals surface area contributed by atoms with Gasteiger partial charge in [-0.3, -0.25) is 14.4 Å². The number of nitrogens with zero attached hydrogens (tertiary/aromatic N) is 1. The topological polar surface area (TPSA) is 84.9 Å². The predicted octanol–water partition coefficient (Wildman–Crippen LogP) is 3.54. The Morgan fingerprint density at radius 3 is 2.43 bits per heavy atom. The first kappa shape index (κ1) is 21.4. The second-order valence-corrected chi connectivity index (χ2v) is 7.19. The molecule has 1 aliphatic heterocycles. The van der Waals surface area contributed by atoms with Crippen molar-refractivity contribution in [1.29, 1.82) is 0 Å². The Kier molecular flexibility index (Phi) is 7.06. The van der Waals surface area contributed by atoms with E-state index < -0.39 is 0 Å². The van der Waals surface area contributed by atoms with Crippen molar-refractivity contribution in [3.05, 3.63) is 53.6 Å². The van der Waals surface area contributed by atoms with Crippen LogP contribution in [0.1, 0.15) is 46.9 Å². The highest BCUT2D eigenvalue weighted by Crippen LogP contribution is 2.28. The minimum absolute atomic E-state index is 0.0163. The van der Waals surface area contributed by atoms with Crippen LogP contribution < -0.4 is 14.8 Å². The highest BCUT2D eigenvalue weighted by Gasteiger charge is 2.18. The van der Waals surface area contributed by atoms with Crippen LogP contribution in [0.4, 0.5) is 5.69 Å². The number of ketones is 1. The smallest absolute Gasteiger partial charge is 0.262 e. The molecule has 2 aromatic rings. The van der Waals surface area contributed by atoms with E-state index in [1.54, 1.807) is 42.5 Å². The van der Waals surface area contributed by atoms with Crippen LogP contribution in [0, 0.1) is 0 Å². The fourth-order valence-corrected chi connectivity index (χ4v) is 3.36. The first-order valence-corrected chi connectivity index (χ1v) is 9.99. The van der Waals surface area contributed by atoms with Crippen LogP contribution in [0.15, 0.2) is 42.5 Å². The highest BCUT2D eigenvalue weighted by molar-refractivity contribution is 5.97. The third-order valence-electron chi connectivity index (χ3n) is 4.97. The van der Waals surface area contributed by atoms with Crippen LogP contribution >= 0.6 is 0 Å². The molecule has 3 rings (SSSR count). The average Bonchev–Trinajstić information content (AvgIpc) is 2.77. The molecule has 0 aliphatic carbocycles. The van der Waals surface area contributed by atoms with Crippen molar-refractivity contribution in [2.24, 2.45) is 0 Å². The molecule has 1 aliphatic rings. The van der Waals surface area contributed by atoms with E-state index in [2.05, 4.69) is 5.32 Å². The average molecular weight is 410 g/mol. The molecular weight excluding hydrogens is 384 g/mol. The van der Waals surface area contributed by atoms with Crippen molar-refractivity contribution in [3.8, 4) is 11.5 Å². The second-order valence-electron chi connectivity index (χ2n) is 7.19. The molecule has 0 spiro atoms. The number of amides is 2. The molecule has 1 heterocycles. The number of benzene rings is 2. The van der Waals surface area contributed by atoms with E-state index in [1.807, 2.05) is 4.90 Å². The molecule has 7 heteroatoms. The van der Waals surface area contributed by atoms with E-state index in [0.29, 0.717) is 28.3 Å². The Balaban J connectivity index is 1.60. The number of anilines is 1. The first-order valence-electron chi connectivity index (χ1n) is 9.99. The molecule has 2 aromatic carbocycles. The van der Waals surface area contributed by atoms with Gasteiger partial charge in [0.25, 0.3) is 11.8 Å². The summed E-state index contributed by atoms with van der Waals surface area (Å²) in [6.07, 6.45) is 3.20. The Morgan fingerprint density at radius 1 is 0.967 bits per heavy atom. The molecule has 1 N–H and O–H groups in total. The number of carbonyl (C=O) groups is 3. The number of Topliss-reactive ketones (excluding diaryl/α,β-unsaturated/α-hetero) is 1. The fraction of sp³-hybridized carbons (Fsp3) is 0.348. The van der Waals surface area contributed by atoms with Crippen LogP contribution in [0.5, 0.6) is 11.5 Å². The zero-order valence-corrected chi connectivity index (χ0v) is 17.3. The highest BCUT2D eigenvalue weighted by atomic mass is 16.5. The van der Waals surface area contributed by atoms with Crippen molar-refractivity contribution < 1.29 is 23.9 Å². The lowest BCUT2D eigenvalue weighted by Gasteiger charge is -2.26. The minimum atomic E-state index is -0.365. The molecule has 158 valence electrons. The number of hydrogen-bond acceptors (Lipinski definition) is 5. The van der Waals surface area contributed by atoms with Crippen molar-refractivity contribution in [3.63, 3.8) is 0 Å². The number of hydrogen-bond donors (Lipinski definition) is 1. The summed E-state index contributed by atoms with van der Waals surface area (Å²) in [7, 11) is 1.47. The van der Waals surface area contributed by atoms with Gasteiger partial charge in [-0.1, -0.05) is 6.07 Å². The van der Waals surface area contributed by atoms with E-state index in [1.165, 1.54) is 14.0 Å². The zero-order chi connectivity index (χ0) is 21.5. The number of piperidine rings is 1. The molecule has 0 aromatic heterocycles. The normalized spacial score (nSPS) is 13.5. The van der Waals surface area contributed by atoms with Crippen molar-refractivity contribution in [2.45, 2.75) is 26.2 Å². The largest absolute Gasteiger partial charge is 0.493 e. The van der Waals surface area contributed by atoms with Gasteiger partial charge in [-0.15, -0.1) is 0 Å². The van der Waals surface area contributed by atoms with Crippen molar-refractivity contribution in [2.75, 3.05) is 32.1 Å². The number of likely N-dealkylation sites (tertiary alicyclic amines) is 1. The van der Waals surface area contributed by atoms with E-state index in [9.17, 15) is 14.4 Å². The van der Waals surface area contributed by atoms with E-state index >= 15 is 0 Å². The summed E-state index contributed by atoms with van der Waals surface area (Å²) in [6.45, 7) is 2.77. The molecule has 0 atom stereocenters. The maximum atomic E-state index is 12.6. The maximum Gasteiger partial charge on any atom is 0.262 e. The summed E-state index contributed by atoms with van der Waals surface area (Å²) in [5, 5.41) is 2.75. The van der Waals surface area contributed by atoms with Gasteiger partial charge in [0.05, 0.1) is 7.11 Å². The van der Waals surface area contributed by atoms with Crippen LogP contribution in [-0.2, 0) is 4.79 Å². The number of methoxy groups -OCH3 is 1. The molecule has 0 unspecified atom stereocenters. The second kappa shape index (κ2) is 9.91. The van der Waals surface area contributed by atoms with Crippen LogP contribution in [-0.4, -0.2) is 49.3 Å². The summed E-state index contributed by atoms with van der Waals surface area (Å²) in [4.78, 5) is 38.3. The molecule has 2 amide bonds. The molecule has 0 saturated carbocycles. The molecule has 30 heavy (non-hydrogen) atoms. The standard InChI is InChI=1S/C23H26N2O5/c1-16(26)17-9-10-20(21(14-17)29-2)30-15-22(27)24-19-8-6-7-18(13-19)23(28)25-11-4-3-5-12-25/h6-10,13-14H,3-5,11-12,15H2,1-2H3,(H,24,27). The predicted molar refractivity (Wildman–Crippen MR) is 113 cm³/mol. The van der Waals surface area contributed by atoms with Gasteiger partial charge in [0, 0.05) is 29.9 Å². The van der Waals surface area contributed by atoms with Crippen LogP contribution in [0.2, 0.25) is 0 Å². The molecule has 1 saturated heterocycles. The lowest BCUT2D eigenvalue weighted by atomic mass is 10.1. The summed E-state index contributed by atoms with van der Waals surface area (Å²) in [6, 6.07) is 11.7. The molecule has 0 radical (unpaired) electrons.